The first-order valence-electron chi connectivity index (χ1n) is 13.3. The predicted molar refractivity (Wildman–Crippen MR) is 151 cm³/mol. The van der Waals surface area contributed by atoms with Crippen molar-refractivity contribution in [2.75, 3.05) is 26.9 Å². The van der Waals surface area contributed by atoms with Crippen molar-refractivity contribution in [3.8, 4) is 11.5 Å². The molecular formula is C29H35N5O6. The zero-order chi connectivity index (χ0) is 28.6. The molecule has 0 saturated carbocycles. The number of ether oxygens (including phenoxy) is 3. The summed E-state index contributed by atoms with van der Waals surface area (Å²) < 4.78 is 20.5. The SMILES string of the molecule is CCOc1ccc(C(C)NC(=O)Cn2c(=O)c3c(ncn3CCOC)n(Cc3ccccc3)c2=O)cc1OCC. The van der Waals surface area contributed by atoms with E-state index in [4.69, 9.17) is 14.2 Å². The second-order valence-electron chi connectivity index (χ2n) is 9.21. The van der Waals surface area contributed by atoms with Gasteiger partial charge in [0.2, 0.25) is 5.91 Å². The van der Waals surface area contributed by atoms with Gasteiger partial charge in [0.05, 0.1) is 38.7 Å². The number of carbonyl (C=O) groups is 1. The molecule has 4 rings (SSSR count). The topological polar surface area (TPSA) is 119 Å². The summed E-state index contributed by atoms with van der Waals surface area (Å²) in [4.78, 5) is 44.7. The lowest BCUT2D eigenvalue weighted by molar-refractivity contribution is -0.122. The summed E-state index contributed by atoms with van der Waals surface area (Å²) in [6.07, 6.45) is 1.51. The number of amides is 1. The Morgan fingerprint density at radius 1 is 1.00 bits per heavy atom. The monoisotopic (exact) mass is 549 g/mol. The maximum atomic E-state index is 13.6. The zero-order valence-corrected chi connectivity index (χ0v) is 23.3. The van der Waals surface area contributed by atoms with Gasteiger partial charge in [-0.05, 0) is 44.0 Å². The number of aromatic nitrogens is 4. The summed E-state index contributed by atoms with van der Waals surface area (Å²) in [5.74, 6) is 0.723. The minimum atomic E-state index is -0.610. The fraction of sp³-hybridized carbons (Fsp3) is 0.379. The molecule has 40 heavy (non-hydrogen) atoms. The largest absolute Gasteiger partial charge is 0.490 e. The number of rotatable bonds is 13. The molecule has 1 N–H and O–H groups in total. The lowest BCUT2D eigenvalue weighted by atomic mass is 10.1. The molecule has 1 atom stereocenters. The van der Waals surface area contributed by atoms with Crippen LogP contribution in [-0.4, -0.2) is 51.5 Å². The molecule has 0 bridgehead atoms. The van der Waals surface area contributed by atoms with Crippen molar-refractivity contribution in [3.63, 3.8) is 0 Å². The van der Waals surface area contributed by atoms with Gasteiger partial charge in [0.1, 0.15) is 6.54 Å². The summed E-state index contributed by atoms with van der Waals surface area (Å²) in [6, 6.07) is 14.4. The van der Waals surface area contributed by atoms with Crippen molar-refractivity contribution < 1.29 is 19.0 Å². The number of methoxy groups -OCH3 is 1. The molecule has 1 amide bonds. The maximum absolute atomic E-state index is 13.6. The van der Waals surface area contributed by atoms with Crippen LogP contribution in [-0.2, 0) is 29.2 Å². The summed E-state index contributed by atoms with van der Waals surface area (Å²) in [7, 11) is 1.57. The van der Waals surface area contributed by atoms with E-state index in [1.165, 1.54) is 10.9 Å². The second kappa shape index (κ2) is 13.1. The van der Waals surface area contributed by atoms with Gasteiger partial charge in [0, 0.05) is 13.7 Å². The third-order valence-electron chi connectivity index (χ3n) is 6.45. The molecule has 0 saturated heterocycles. The molecule has 0 spiro atoms. The van der Waals surface area contributed by atoms with E-state index in [0.717, 1.165) is 15.7 Å². The summed E-state index contributed by atoms with van der Waals surface area (Å²) in [5.41, 5.74) is 0.962. The van der Waals surface area contributed by atoms with Crippen molar-refractivity contribution in [3.05, 3.63) is 86.8 Å². The molecule has 2 heterocycles. The molecule has 11 heteroatoms. The van der Waals surface area contributed by atoms with Crippen LogP contribution < -0.4 is 26.0 Å². The highest BCUT2D eigenvalue weighted by molar-refractivity contribution is 5.77. The van der Waals surface area contributed by atoms with E-state index in [0.29, 0.717) is 37.9 Å². The molecule has 0 aliphatic carbocycles. The molecule has 1 unspecified atom stereocenters. The molecule has 0 aliphatic rings. The molecular weight excluding hydrogens is 514 g/mol. The van der Waals surface area contributed by atoms with Gasteiger partial charge in [0.15, 0.2) is 22.7 Å². The van der Waals surface area contributed by atoms with Gasteiger partial charge in [0.25, 0.3) is 5.56 Å². The molecule has 0 aliphatic heterocycles. The Kier molecular flexibility index (Phi) is 9.39. The minimum absolute atomic E-state index is 0.197. The van der Waals surface area contributed by atoms with Crippen molar-refractivity contribution in [1.82, 2.24) is 24.0 Å². The normalized spacial score (nSPS) is 11.9. The molecule has 4 aromatic rings. The first kappa shape index (κ1) is 28.6. The highest BCUT2D eigenvalue weighted by Crippen LogP contribution is 2.30. The van der Waals surface area contributed by atoms with Crippen LogP contribution in [0.1, 0.15) is 37.9 Å². The van der Waals surface area contributed by atoms with E-state index in [2.05, 4.69) is 10.3 Å². The smallest absolute Gasteiger partial charge is 0.333 e. The van der Waals surface area contributed by atoms with E-state index < -0.39 is 29.7 Å². The maximum Gasteiger partial charge on any atom is 0.333 e. The average Bonchev–Trinajstić information content (AvgIpc) is 3.38. The second-order valence-corrected chi connectivity index (χ2v) is 9.21. The van der Waals surface area contributed by atoms with Crippen molar-refractivity contribution in [1.29, 1.82) is 0 Å². The average molecular weight is 550 g/mol. The van der Waals surface area contributed by atoms with Crippen LogP contribution in [0.4, 0.5) is 0 Å². The molecule has 2 aromatic heterocycles. The Hall–Kier alpha value is -4.38. The van der Waals surface area contributed by atoms with Gasteiger partial charge in [-0.25, -0.2) is 14.3 Å². The quantitative estimate of drug-likeness (QED) is 0.272. The van der Waals surface area contributed by atoms with Crippen LogP contribution in [0.3, 0.4) is 0 Å². The Bertz CT molecular complexity index is 1570. The Morgan fingerprint density at radius 2 is 1.73 bits per heavy atom. The summed E-state index contributed by atoms with van der Waals surface area (Å²) in [5, 5.41) is 2.89. The van der Waals surface area contributed by atoms with E-state index in [9.17, 15) is 14.4 Å². The Labute approximate surface area is 231 Å². The van der Waals surface area contributed by atoms with Gasteiger partial charge in [-0.3, -0.25) is 14.2 Å². The Balaban J connectivity index is 1.66. The van der Waals surface area contributed by atoms with Crippen LogP contribution in [0.25, 0.3) is 11.2 Å². The van der Waals surface area contributed by atoms with Crippen molar-refractivity contribution in [2.24, 2.45) is 0 Å². The van der Waals surface area contributed by atoms with Crippen LogP contribution in [0.15, 0.2) is 64.4 Å². The minimum Gasteiger partial charge on any atom is -0.490 e. The Morgan fingerprint density at radius 3 is 2.42 bits per heavy atom. The fourth-order valence-corrected chi connectivity index (χ4v) is 4.50. The predicted octanol–water partition coefficient (Wildman–Crippen LogP) is 2.73. The third-order valence-corrected chi connectivity index (χ3v) is 6.45. The molecule has 2 aromatic carbocycles. The zero-order valence-electron chi connectivity index (χ0n) is 23.3. The van der Waals surface area contributed by atoms with Crippen LogP contribution in [0.2, 0.25) is 0 Å². The highest BCUT2D eigenvalue weighted by atomic mass is 16.5. The molecule has 11 nitrogen and oxygen atoms in total. The number of benzene rings is 2. The summed E-state index contributed by atoms with van der Waals surface area (Å²) in [6.45, 7) is 7.03. The number of imidazole rings is 1. The number of carbonyl (C=O) groups excluding carboxylic acids is 1. The fourth-order valence-electron chi connectivity index (χ4n) is 4.50. The molecule has 212 valence electrons. The molecule has 0 radical (unpaired) electrons. The van der Waals surface area contributed by atoms with Gasteiger partial charge in [-0.1, -0.05) is 36.4 Å². The van der Waals surface area contributed by atoms with Crippen molar-refractivity contribution in [2.45, 2.75) is 46.4 Å². The number of fused-ring (bicyclic) bond motifs is 1. The van der Waals surface area contributed by atoms with Crippen molar-refractivity contribution >= 4 is 17.1 Å². The van der Waals surface area contributed by atoms with E-state index in [1.807, 2.05) is 63.2 Å². The van der Waals surface area contributed by atoms with Gasteiger partial charge in [-0.2, -0.15) is 0 Å². The van der Waals surface area contributed by atoms with E-state index >= 15 is 0 Å². The van der Waals surface area contributed by atoms with E-state index in [-0.39, 0.29) is 17.7 Å². The van der Waals surface area contributed by atoms with Gasteiger partial charge >= 0.3 is 5.69 Å². The first-order valence-corrected chi connectivity index (χ1v) is 13.3. The van der Waals surface area contributed by atoms with Crippen LogP contribution in [0.5, 0.6) is 11.5 Å². The van der Waals surface area contributed by atoms with Gasteiger partial charge in [-0.15, -0.1) is 0 Å². The highest BCUT2D eigenvalue weighted by Gasteiger charge is 2.21. The van der Waals surface area contributed by atoms with Crippen LogP contribution >= 0.6 is 0 Å². The molecule has 0 fully saturated rings. The summed E-state index contributed by atoms with van der Waals surface area (Å²) >= 11 is 0. The third kappa shape index (κ3) is 6.26. The number of hydrogen-bond acceptors (Lipinski definition) is 7. The number of nitrogens with zero attached hydrogens (tertiary/aromatic N) is 4. The van der Waals surface area contributed by atoms with Crippen LogP contribution in [0, 0.1) is 0 Å². The first-order chi connectivity index (χ1) is 19.4. The lowest BCUT2D eigenvalue weighted by Crippen LogP contribution is -2.44. The van der Waals surface area contributed by atoms with E-state index in [1.54, 1.807) is 17.7 Å². The van der Waals surface area contributed by atoms with Gasteiger partial charge < -0.3 is 24.1 Å². The number of hydrogen-bond donors (Lipinski definition) is 1. The standard InChI is InChI=1S/C29H35N5O6/c1-5-39-23-13-12-22(16-24(23)40-6-2)20(3)31-25(35)18-34-28(36)26-27(30-19-32(26)14-15-38-4)33(29(34)37)17-21-10-8-7-9-11-21/h7-13,16,19-20H,5-6,14-15,17-18H2,1-4H3,(H,31,35). The number of nitrogens with one attached hydrogen (secondary N) is 1. The lowest BCUT2D eigenvalue weighted by Gasteiger charge is -2.18.